The molecule has 146 valence electrons. The molecule has 0 aliphatic heterocycles. The van der Waals surface area contributed by atoms with Gasteiger partial charge in [0.15, 0.2) is 0 Å². The molecular formula is C22H21N5O2. The lowest BCUT2D eigenvalue weighted by molar-refractivity contribution is -0.139. The zero-order valence-electron chi connectivity index (χ0n) is 15.8. The molecule has 2 aromatic carbocycles. The number of benzene rings is 2. The van der Waals surface area contributed by atoms with Crippen molar-refractivity contribution in [1.29, 1.82) is 0 Å². The third-order valence-corrected chi connectivity index (χ3v) is 4.51. The summed E-state index contributed by atoms with van der Waals surface area (Å²) in [6.45, 7) is 0.616. The monoisotopic (exact) mass is 387 g/mol. The summed E-state index contributed by atoms with van der Waals surface area (Å²) in [6, 6.07) is 19.9. The Kier molecular flexibility index (Phi) is 5.47. The molecule has 1 heterocycles. The second-order valence-corrected chi connectivity index (χ2v) is 6.93. The average Bonchev–Trinajstić information content (AvgIpc) is 3.47. The summed E-state index contributed by atoms with van der Waals surface area (Å²) in [5.74, 6) is -1.43. The molecule has 1 fully saturated rings. The van der Waals surface area contributed by atoms with E-state index in [9.17, 15) is 9.59 Å². The van der Waals surface area contributed by atoms with Crippen LogP contribution in [0.1, 0.15) is 24.0 Å². The molecule has 0 radical (unpaired) electrons. The third kappa shape index (κ3) is 4.95. The van der Waals surface area contributed by atoms with Crippen LogP contribution < -0.4 is 10.7 Å². The Morgan fingerprint density at radius 3 is 2.41 bits per heavy atom. The molecule has 4 rings (SSSR count). The van der Waals surface area contributed by atoms with Crippen molar-refractivity contribution in [3.63, 3.8) is 0 Å². The molecule has 0 spiro atoms. The predicted octanol–water partition coefficient (Wildman–Crippen LogP) is 2.33. The lowest BCUT2D eigenvalue weighted by Crippen LogP contribution is -2.38. The Balaban J connectivity index is 1.52. The van der Waals surface area contributed by atoms with Gasteiger partial charge in [0.1, 0.15) is 5.69 Å². The molecule has 1 aromatic heterocycles. The first-order chi connectivity index (χ1) is 14.2. The van der Waals surface area contributed by atoms with E-state index in [1.165, 1.54) is 6.21 Å². The molecule has 1 aliphatic rings. The van der Waals surface area contributed by atoms with E-state index in [1.807, 2.05) is 71.5 Å². The fourth-order valence-electron chi connectivity index (χ4n) is 2.89. The van der Waals surface area contributed by atoms with Crippen molar-refractivity contribution in [1.82, 2.24) is 20.5 Å². The van der Waals surface area contributed by atoms with Crippen LogP contribution in [0.2, 0.25) is 0 Å². The molecule has 2 N–H and O–H groups in total. The van der Waals surface area contributed by atoms with Gasteiger partial charge in [-0.05, 0) is 18.4 Å². The molecule has 0 atom stereocenters. The minimum atomic E-state index is -0.772. The van der Waals surface area contributed by atoms with Crippen LogP contribution in [-0.4, -0.2) is 33.9 Å². The lowest BCUT2D eigenvalue weighted by Gasteiger charge is -2.01. The largest absolute Gasteiger partial charge is 0.345 e. The van der Waals surface area contributed by atoms with E-state index in [-0.39, 0.29) is 6.04 Å². The van der Waals surface area contributed by atoms with Crippen LogP contribution in [0.4, 0.5) is 0 Å². The average molecular weight is 387 g/mol. The minimum absolute atomic E-state index is 0.123. The summed E-state index contributed by atoms with van der Waals surface area (Å²) < 4.78 is 1.83. The van der Waals surface area contributed by atoms with Gasteiger partial charge in [0.25, 0.3) is 0 Å². The number of hydrazone groups is 1. The van der Waals surface area contributed by atoms with E-state index in [2.05, 4.69) is 20.9 Å². The fraction of sp³-hybridized carbons (Fsp3) is 0.182. The van der Waals surface area contributed by atoms with E-state index in [0.29, 0.717) is 6.54 Å². The summed E-state index contributed by atoms with van der Waals surface area (Å²) in [4.78, 5) is 23.6. The Bertz CT molecular complexity index is 1020. The summed E-state index contributed by atoms with van der Waals surface area (Å²) in [5.41, 5.74) is 5.85. The highest BCUT2D eigenvalue weighted by molar-refractivity contribution is 6.35. The highest BCUT2D eigenvalue weighted by Gasteiger charge is 2.26. The zero-order valence-corrected chi connectivity index (χ0v) is 15.8. The van der Waals surface area contributed by atoms with Gasteiger partial charge in [-0.1, -0.05) is 60.7 Å². The molecule has 7 heteroatoms. The van der Waals surface area contributed by atoms with Crippen LogP contribution in [0, 0.1) is 0 Å². The van der Waals surface area contributed by atoms with Gasteiger partial charge in [-0.2, -0.15) is 10.2 Å². The maximum Gasteiger partial charge on any atom is 0.329 e. The first-order valence-electron chi connectivity index (χ1n) is 9.50. The highest BCUT2D eigenvalue weighted by atomic mass is 16.2. The Hall–Kier alpha value is -3.74. The smallest absolute Gasteiger partial charge is 0.329 e. The van der Waals surface area contributed by atoms with Gasteiger partial charge < -0.3 is 5.32 Å². The summed E-state index contributed by atoms with van der Waals surface area (Å²) in [7, 11) is 0. The summed E-state index contributed by atoms with van der Waals surface area (Å²) in [6.07, 6.45) is 5.22. The molecule has 0 saturated heterocycles. The predicted molar refractivity (Wildman–Crippen MR) is 110 cm³/mol. The fourth-order valence-corrected chi connectivity index (χ4v) is 2.89. The zero-order chi connectivity index (χ0) is 20.1. The normalized spacial score (nSPS) is 13.4. The summed E-state index contributed by atoms with van der Waals surface area (Å²) in [5, 5.41) is 11.3. The molecular weight excluding hydrogens is 366 g/mol. The van der Waals surface area contributed by atoms with Crippen LogP contribution in [0.15, 0.2) is 72.0 Å². The highest BCUT2D eigenvalue weighted by Crippen LogP contribution is 2.21. The van der Waals surface area contributed by atoms with Gasteiger partial charge in [0, 0.05) is 23.4 Å². The molecule has 2 amide bonds. The van der Waals surface area contributed by atoms with Crippen molar-refractivity contribution in [2.75, 3.05) is 0 Å². The van der Waals surface area contributed by atoms with E-state index >= 15 is 0 Å². The van der Waals surface area contributed by atoms with Gasteiger partial charge in [-0.3, -0.25) is 14.3 Å². The molecule has 0 bridgehead atoms. The molecule has 3 aromatic rings. The van der Waals surface area contributed by atoms with Crippen molar-refractivity contribution >= 4 is 18.0 Å². The number of rotatable bonds is 6. The van der Waals surface area contributed by atoms with Crippen LogP contribution >= 0.6 is 0 Å². The van der Waals surface area contributed by atoms with Crippen LogP contribution in [0.3, 0.4) is 0 Å². The maximum absolute atomic E-state index is 11.8. The molecule has 0 unspecified atom stereocenters. The first kappa shape index (κ1) is 18.6. The van der Waals surface area contributed by atoms with E-state index in [1.54, 1.807) is 0 Å². The summed E-state index contributed by atoms with van der Waals surface area (Å²) >= 11 is 0. The van der Waals surface area contributed by atoms with Crippen molar-refractivity contribution in [3.05, 3.63) is 78.0 Å². The quantitative estimate of drug-likeness (QED) is 0.387. The van der Waals surface area contributed by atoms with Crippen LogP contribution in [0.25, 0.3) is 11.3 Å². The second kappa shape index (κ2) is 8.52. The number of hydrogen-bond donors (Lipinski definition) is 2. The third-order valence-electron chi connectivity index (χ3n) is 4.51. The van der Waals surface area contributed by atoms with Crippen LogP contribution in [-0.2, 0) is 16.1 Å². The Labute approximate surface area is 168 Å². The topological polar surface area (TPSA) is 88.4 Å². The molecule has 7 nitrogen and oxygen atoms in total. The second-order valence-electron chi connectivity index (χ2n) is 6.93. The molecule has 1 saturated carbocycles. The van der Waals surface area contributed by atoms with Gasteiger partial charge in [-0.15, -0.1) is 0 Å². The van der Waals surface area contributed by atoms with Gasteiger partial charge >= 0.3 is 11.8 Å². The van der Waals surface area contributed by atoms with E-state index < -0.39 is 11.8 Å². The number of aromatic nitrogens is 2. The number of nitrogens with zero attached hydrogens (tertiary/aromatic N) is 3. The Morgan fingerprint density at radius 1 is 1.03 bits per heavy atom. The van der Waals surface area contributed by atoms with Crippen molar-refractivity contribution in [2.24, 2.45) is 5.10 Å². The molecule has 29 heavy (non-hydrogen) atoms. The standard InChI is InChI=1S/C22H21N5O2/c28-21(24-19-11-12-19)22(29)25-23-13-18-15-27(14-16-7-3-1-4-8-16)26-20(18)17-9-5-2-6-10-17/h1-10,13,15,19H,11-12,14H2,(H,24,28)(H,25,29)/b23-13-. The van der Waals surface area contributed by atoms with Crippen LogP contribution in [0.5, 0.6) is 0 Å². The minimum Gasteiger partial charge on any atom is -0.345 e. The van der Waals surface area contributed by atoms with E-state index in [4.69, 9.17) is 0 Å². The first-order valence-corrected chi connectivity index (χ1v) is 9.50. The number of nitrogens with one attached hydrogen (secondary N) is 2. The van der Waals surface area contributed by atoms with Gasteiger partial charge in [-0.25, -0.2) is 5.43 Å². The van der Waals surface area contributed by atoms with Crippen molar-refractivity contribution < 1.29 is 9.59 Å². The molecule has 1 aliphatic carbocycles. The van der Waals surface area contributed by atoms with E-state index in [0.717, 1.165) is 35.2 Å². The SMILES string of the molecule is O=C(N/N=C\c1cn(Cc2ccccc2)nc1-c1ccccc1)C(=O)NC1CC1. The number of hydrogen-bond acceptors (Lipinski definition) is 4. The van der Waals surface area contributed by atoms with Crippen molar-refractivity contribution in [3.8, 4) is 11.3 Å². The number of carbonyl (C=O) groups excluding carboxylic acids is 2. The van der Waals surface area contributed by atoms with Gasteiger partial charge in [0.05, 0.1) is 12.8 Å². The Morgan fingerprint density at radius 2 is 1.72 bits per heavy atom. The van der Waals surface area contributed by atoms with Crippen molar-refractivity contribution in [2.45, 2.75) is 25.4 Å². The van der Waals surface area contributed by atoms with Gasteiger partial charge in [0.2, 0.25) is 0 Å². The maximum atomic E-state index is 11.8. The lowest BCUT2D eigenvalue weighted by atomic mass is 10.1. The number of carbonyl (C=O) groups is 2. The number of amides is 2.